The van der Waals surface area contributed by atoms with Gasteiger partial charge in [0, 0.05) is 47.8 Å². The summed E-state index contributed by atoms with van der Waals surface area (Å²) in [4.78, 5) is 51.8. The SMILES string of the molecule is N#Cc1cccc(N(C(=O)C2CCC(=O)N2c2nccc(C#N)n2)C(C(=O)NC2CC(F)(F)C2)c2ccccc2Cl)c1. The van der Waals surface area contributed by atoms with Gasteiger partial charge in [-0.2, -0.15) is 10.5 Å². The van der Waals surface area contributed by atoms with Gasteiger partial charge in [0.15, 0.2) is 0 Å². The molecule has 212 valence electrons. The second-order valence-electron chi connectivity index (χ2n) is 9.94. The summed E-state index contributed by atoms with van der Waals surface area (Å²) in [6, 6.07) is 14.0. The molecule has 2 atom stereocenters. The summed E-state index contributed by atoms with van der Waals surface area (Å²) < 4.78 is 27.2. The van der Waals surface area contributed by atoms with Crippen molar-refractivity contribution in [1.29, 1.82) is 10.5 Å². The van der Waals surface area contributed by atoms with Crippen LogP contribution < -0.4 is 15.1 Å². The maximum absolute atomic E-state index is 14.5. The maximum Gasteiger partial charge on any atom is 0.252 e. The summed E-state index contributed by atoms with van der Waals surface area (Å²) >= 11 is 6.52. The first kappa shape index (κ1) is 28.6. The number of hydrogen-bond acceptors (Lipinski definition) is 7. The van der Waals surface area contributed by atoms with Gasteiger partial charge in [0.05, 0.1) is 11.6 Å². The fourth-order valence-corrected chi connectivity index (χ4v) is 5.36. The topological polar surface area (TPSA) is 143 Å². The number of nitrogens with zero attached hydrogens (tertiary/aromatic N) is 6. The molecule has 0 bridgehead atoms. The molecule has 42 heavy (non-hydrogen) atoms. The number of hydrogen-bond donors (Lipinski definition) is 1. The highest BCUT2D eigenvalue weighted by Gasteiger charge is 2.48. The standard InChI is InChI=1S/C29H22ClF2N7O3/c30-22-7-2-1-6-21(22)25(26(41)36-19-13-29(31,32)14-19)38(20-5-3-4-17(12-20)15-33)27(42)23-8-9-24(40)39(23)28-35-11-10-18(16-34)37-28/h1-7,10-12,19,23,25H,8-9,13-14H2,(H,36,41). The van der Waals surface area contributed by atoms with Gasteiger partial charge in [-0.3, -0.25) is 24.2 Å². The number of halogens is 3. The zero-order valence-corrected chi connectivity index (χ0v) is 22.6. The van der Waals surface area contributed by atoms with E-state index < -0.39 is 54.6 Å². The van der Waals surface area contributed by atoms with Gasteiger partial charge in [0.2, 0.25) is 17.8 Å². The van der Waals surface area contributed by atoms with Gasteiger partial charge in [-0.25, -0.2) is 18.7 Å². The molecule has 1 aromatic heterocycles. The van der Waals surface area contributed by atoms with Crippen LogP contribution in [0.3, 0.4) is 0 Å². The Morgan fingerprint density at radius 2 is 1.88 bits per heavy atom. The summed E-state index contributed by atoms with van der Waals surface area (Å²) in [6.07, 6.45) is 0.184. The Bertz CT molecular complexity index is 1650. The largest absolute Gasteiger partial charge is 0.351 e. The molecule has 3 amide bonds. The van der Waals surface area contributed by atoms with Gasteiger partial charge in [0.25, 0.3) is 11.8 Å². The number of aromatic nitrogens is 2. The highest BCUT2D eigenvalue weighted by Crippen LogP contribution is 2.39. The molecule has 2 unspecified atom stereocenters. The minimum absolute atomic E-state index is 0.0184. The number of nitrogens with one attached hydrogen (secondary N) is 1. The minimum atomic E-state index is -2.91. The van der Waals surface area contributed by atoms with Crippen molar-refractivity contribution < 1.29 is 23.2 Å². The first-order valence-electron chi connectivity index (χ1n) is 12.9. The molecule has 10 nitrogen and oxygen atoms in total. The van der Waals surface area contributed by atoms with E-state index in [4.69, 9.17) is 11.6 Å². The molecule has 0 spiro atoms. The summed E-state index contributed by atoms with van der Waals surface area (Å²) in [5.74, 6) is -5.02. The first-order valence-corrected chi connectivity index (χ1v) is 13.3. The lowest BCUT2D eigenvalue weighted by Crippen LogP contribution is -2.56. The Morgan fingerprint density at radius 1 is 1.12 bits per heavy atom. The van der Waals surface area contributed by atoms with E-state index in [2.05, 4.69) is 15.3 Å². The third-order valence-electron chi connectivity index (χ3n) is 7.10. The number of rotatable bonds is 7. The maximum atomic E-state index is 14.5. The normalized spacial score (nSPS) is 18.4. The Morgan fingerprint density at radius 3 is 2.57 bits per heavy atom. The number of carbonyl (C=O) groups is 3. The molecular formula is C29H22ClF2N7O3. The molecule has 13 heteroatoms. The van der Waals surface area contributed by atoms with Gasteiger partial charge in [-0.05, 0) is 36.8 Å². The average Bonchev–Trinajstić information content (AvgIpc) is 3.36. The van der Waals surface area contributed by atoms with Crippen molar-refractivity contribution in [2.45, 2.75) is 49.7 Å². The van der Waals surface area contributed by atoms with Gasteiger partial charge >= 0.3 is 0 Å². The molecule has 1 N–H and O–H groups in total. The number of nitriles is 2. The smallest absolute Gasteiger partial charge is 0.252 e. The van der Waals surface area contributed by atoms with Crippen LogP contribution in [0.15, 0.2) is 60.8 Å². The van der Waals surface area contributed by atoms with E-state index in [1.54, 1.807) is 12.1 Å². The predicted molar refractivity (Wildman–Crippen MR) is 146 cm³/mol. The van der Waals surface area contributed by atoms with E-state index in [1.165, 1.54) is 48.7 Å². The van der Waals surface area contributed by atoms with Crippen LogP contribution in [0.5, 0.6) is 0 Å². The van der Waals surface area contributed by atoms with Crippen molar-refractivity contribution >= 4 is 41.0 Å². The Kier molecular flexibility index (Phi) is 7.83. The van der Waals surface area contributed by atoms with Crippen LogP contribution in [-0.2, 0) is 14.4 Å². The molecule has 1 aliphatic carbocycles. The first-order chi connectivity index (χ1) is 20.1. The molecule has 1 saturated carbocycles. The molecule has 2 aromatic carbocycles. The molecule has 2 aliphatic rings. The third kappa shape index (κ3) is 5.62. The van der Waals surface area contributed by atoms with Crippen LogP contribution in [0.4, 0.5) is 20.4 Å². The van der Waals surface area contributed by atoms with Crippen molar-refractivity contribution in [3.63, 3.8) is 0 Å². The highest BCUT2D eigenvalue weighted by atomic mass is 35.5. The number of anilines is 2. The van der Waals surface area contributed by atoms with E-state index in [0.717, 1.165) is 9.80 Å². The van der Waals surface area contributed by atoms with Crippen molar-refractivity contribution in [2.75, 3.05) is 9.80 Å². The van der Waals surface area contributed by atoms with Crippen LogP contribution in [0.2, 0.25) is 5.02 Å². The molecule has 2 heterocycles. The highest BCUT2D eigenvalue weighted by molar-refractivity contribution is 6.31. The molecule has 0 radical (unpaired) electrons. The predicted octanol–water partition coefficient (Wildman–Crippen LogP) is 4.06. The minimum Gasteiger partial charge on any atom is -0.351 e. The molecular weight excluding hydrogens is 568 g/mol. The van der Waals surface area contributed by atoms with Crippen LogP contribution in [0.25, 0.3) is 0 Å². The van der Waals surface area contributed by atoms with E-state index in [0.29, 0.717) is 0 Å². The zero-order chi connectivity index (χ0) is 30.0. The van der Waals surface area contributed by atoms with Crippen molar-refractivity contribution in [2.24, 2.45) is 0 Å². The molecule has 3 aromatic rings. The fraction of sp³-hybridized carbons (Fsp3) is 0.276. The molecule has 5 rings (SSSR count). The van der Waals surface area contributed by atoms with Crippen LogP contribution in [-0.4, -0.2) is 45.7 Å². The molecule has 2 fully saturated rings. The Hall–Kier alpha value is -4.94. The number of benzene rings is 2. The lowest BCUT2D eigenvalue weighted by molar-refractivity contribution is -0.133. The molecule has 1 saturated heterocycles. The molecule has 1 aliphatic heterocycles. The van der Waals surface area contributed by atoms with Crippen LogP contribution in [0, 0.1) is 22.7 Å². The van der Waals surface area contributed by atoms with Crippen LogP contribution in [0.1, 0.15) is 48.5 Å². The number of amides is 3. The lowest BCUT2D eigenvalue weighted by atomic mass is 9.87. The van der Waals surface area contributed by atoms with Gasteiger partial charge in [-0.1, -0.05) is 35.9 Å². The Balaban J connectivity index is 1.62. The Labute approximate surface area is 244 Å². The summed E-state index contributed by atoms with van der Waals surface area (Å²) in [6.45, 7) is 0. The quantitative estimate of drug-likeness (QED) is 0.438. The van der Waals surface area contributed by atoms with Gasteiger partial charge in [0.1, 0.15) is 23.8 Å². The average molecular weight is 590 g/mol. The van der Waals surface area contributed by atoms with E-state index in [9.17, 15) is 33.7 Å². The van der Waals surface area contributed by atoms with Crippen molar-refractivity contribution in [3.8, 4) is 12.1 Å². The van der Waals surface area contributed by atoms with Gasteiger partial charge in [-0.15, -0.1) is 0 Å². The van der Waals surface area contributed by atoms with Crippen molar-refractivity contribution in [3.05, 3.63) is 82.6 Å². The van der Waals surface area contributed by atoms with E-state index in [1.807, 2.05) is 12.1 Å². The van der Waals surface area contributed by atoms with E-state index in [-0.39, 0.29) is 46.3 Å². The monoisotopic (exact) mass is 589 g/mol. The second kappa shape index (κ2) is 11.5. The van der Waals surface area contributed by atoms with Crippen molar-refractivity contribution in [1.82, 2.24) is 15.3 Å². The lowest BCUT2D eigenvalue weighted by Gasteiger charge is -2.39. The summed E-state index contributed by atoms with van der Waals surface area (Å²) in [5, 5.41) is 21.6. The number of alkyl halides is 2. The summed E-state index contributed by atoms with van der Waals surface area (Å²) in [5.41, 5.74) is 0.517. The van der Waals surface area contributed by atoms with Gasteiger partial charge < -0.3 is 5.32 Å². The fourth-order valence-electron chi connectivity index (χ4n) is 5.12. The number of carbonyl (C=O) groups excluding carboxylic acids is 3. The summed E-state index contributed by atoms with van der Waals surface area (Å²) in [7, 11) is 0. The second-order valence-corrected chi connectivity index (χ2v) is 10.3. The van der Waals surface area contributed by atoms with Crippen LogP contribution >= 0.6 is 11.6 Å². The van der Waals surface area contributed by atoms with E-state index >= 15 is 0 Å². The third-order valence-corrected chi connectivity index (χ3v) is 7.45. The zero-order valence-electron chi connectivity index (χ0n) is 21.9.